The van der Waals surface area contributed by atoms with Gasteiger partial charge >= 0.3 is 0 Å². The molecule has 0 unspecified atom stereocenters. The molecule has 22 heavy (non-hydrogen) atoms. The molecule has 0 spiro atoms. The van der Waals surface area contributed by atoms with Gasteiger partial charge in [0.15, 0.2) is 0 Å². The fourth-order valence-electron chi connectivity index (χ4n) is 2.92. The van der Waals surface area contributed by atoms with Gasteiger partial charge in [-0.1, -0.05) is 73.8 Å². The molecule has 2 aromatic carbocycles. The van der Waals surface area contributed by atoms with Crippen molar-refractivity contribution in [3.63, 3.8) is 0 Å². The van der Waals surface area contributed by atoms with Gasteiger partial charge in [-0.2, -0.15) is 0 Å². The number of benzene rings is 2. The molecule has 0 aliphatic rings. The highest BCUT2D eigenvalue weighted by Gasteiger charge is 2.24. The SMILES string of the molecule is CCC[C@H](c1ccc(Cl)c(Cl)c1)[C@H](O)c1ccccc1CC. The van der Waals surface area contributed by atoms with E-state index in [0.717, 1.165) is 30.4 Å². The molecule has 0 aliphatic carbocycles. The Morgan fingerprint density at radius 2 is 1.73 bits per heavy atom. The van der Waals surface area contributed by atoms with Crippen molar-refractivity contribution >= 4 is 23.2 Å². The number of aryl methyl sites for hydroxylation is 1. The van der Waals surface area contributed by atoms with Gasteiger partial charge in [-0.25, -0.2) is 0 Å². The van der Waals surface area contributed by atoms with Crippen LogP contribution in [0.4, 0.5) is 0 Å². The van der Waals surface area contributed by atoms with E-state index >= 15 is 0 Å². The average Bonchev–Trinajstić information content (AvgIpc) is 2.54. The Morgan fingerprint density at radius 1 is 1.00 bits per heavy atom. The Kier molecular flexibility index (Phi) is 6.31. The van der Waals surface area contributed by atoms with Crippen LogP contribution in [0.15, 0.2) is 42.5 Å². The molecule has 3 heteroatoms. The largest absolute Gasteiger partial charge is 0.388 e. The van der Waals surface area contributed by atoms with Gasteiger partial charge in [-0.05, 0) is 41.7 Å². The predicted molar refractivity (Wildman–Crippen MR) is 94.9 cm³/mol. The molecule has 0 saturated heterocycles. The molecule has 2 aromatic rings. The third-order valence-corrected chi connectivity index (χ3v) is 4.85. The van der Waals surface area contributed by atoms with Crippen molar-refractivity contribution in [3.05, 3.63) is 69.2 Å². The van der Waals surface area contributed by atoms with Gasteiger partial charge in [0.2, 0.25) is 0 Å². The Morgan fingerprint density at radius 3 is 2.36 bits per heavy atom. The third-order valence-electron chi connectivity index (χ3n) is 4.11. The van der Waals surface area contributed by atoms with Crippen LogP contribution in [0.25, 0.3) is 0 Å². The first-order valence-electron chi connectivity index (χ1n) is 7.79. The highest BCUT2D eigenvalue weighted by atomic mass is 35.5. The number of halogens is 2. The summed E-state index contributed by atoms with van der Waals surface area (Å²) in [4.78, 5) is 0. The lowest BCUT2D eigenvalue weighted by Gasteiger charge is -2.25. The Hall–Kier alpha value is -1.02. The van der Waals surface area contributed by atoms with E-state index < -0.39 is 6.10 Å². The highest BCUT2D eigenvalue weighted by Crippen LogP contribution is 2.38. The molecule has 118 valence electrons. The van der Waals surface area contributed by atoms with E-state index in [2.05, 4.69) is 19.9 Å². The minimum Gasteiger partial charge on any atom is -0.388 e. The van der Waals surface area contributed by atoms with Crippen LogP contribution < -0.4 is 0 Å². The molecular weight excluding hydrogens is 315 g/mol. The second-order valence-electron chi connectivity index (χ2n) is 5.57. The normalized spacial score (nSPS) is 13.9. The number of aliphatic hydroxyl groups excluding tert-OH is 1. The van der Waals surface area contributed by atoms with Gasteiger partial charge in [0.25, 0.3) is 0 Å². The van der Waals surface area contributed by atoms with Crippen molar-refractivity contribution < 1.29 is 5.11 Å². The fraction of sp³-hybridized carbons (Fsp3) is 0.368. The van der Waals surface area contributed by atoms with Gasteiger partial charge in [-0.15, -0.1) is 0 Å². The number of hydrogen-bond donors (Lipinski definition) is 1. The van der Waals surface area contributed by atoms with Crippen molar-refractivity contribution in [3.8, 4) is 0 Å². The van der Waals surface area contributed by atoms with Gasteiger partial charge < -0.3 is 5.11 Å². The van der Waals surface area contributed by atoms with Crippen molar-refractivity contribution in [1.82, 2.24) is 0 Å². The second kappa shape index (κ2) is 8.01. The molecule has 0 amide bonds. The summed E-state index contributed by atoms with van der Waals surface area (Å²) in [6, 6.07) is 13.7. The molecule has 1 N–H and O–H groups in total. The Balaban J connectivity index is 2.40. The van der Waals surface area contributed by atoms with Crippen LogP contribution in [-0.4, -0.2) is 5.11 Å². The lowest BCUT2D eigenvalue weighted by molar-refractivity contribution is 0.139. The molecule has 0 radical (unpaired) electrons. The number of aliphatic hydroxyl groups is 1. The predicted octanol–water partition coefficient (Wildman–Crippen LogP) is 6.17. The van der Waals surface area contributed by atoms with E-state index in [4.69, 9.17) is 23.2 Å². The molecule has 0 aromatic heterocycles. The smallest absolute Gasteiger partial charge is 0.0861 e. The Labute approximate surface area is 142 Å². The molecule has 0 saturated carbocycles. The molecule has 0 aliphatic heterocycles. The van der Waals surface area contributed by atoms with Crippen molar-refractivity contribution in [1.29, 1.82) is 0 Å². The maximum Gasteiger partial charge on any atom is 0.0861 e. The molecule has 2 atom stereocenters. The van der Waals surface area contributed by atoms with Crippen molar-refractivity contribution in [2.75, 3.05) is 0 Å². The summed E-state index contributed by atoms with van der Waals surface area (Å²) in [5.41, 5.74) is 3.24. The molecule has 2 rings (SSSR count). The van der Waals surface area contributed by atoms with Crippen LogP contribution in [0.2, 0.25) is 10.0 Å². The van der Waals surface area contributed by atoms with Gasteiger partial charge in [0.1, 0.15) is 0 Å². The van der Waals surface area contributed by atoms with E-state index in [9.17, 15) is 5.11 Å². The summed E-state index contributed by atoms with van der Waals surface area (Å²) in [6.07, 6.45) is 2.27. The van der Waals surface area contributed by atoms with Crippen molar-refractivity contribution in [2.45, 2.75) is 45.1 Å². The van der Waals surface area contributed by atoms with E-state index in [1.807, 2.05) is 30.3 Å². The maximum absolute atomic E-state index is 11.0. The summed E-state index contributed by atoms with van der Waals surface area (Å²) in [5.74, 6) is 0.0208. The lowest BCUT2D eigenvalue weighted by Crippen LogP contribution is -2.13. The third kappa shape index (κ3) is 3.84. The second-order valence-corrected chi connectivity index (χ2v) is 6.38. The number of hydrogen-bond acceptors (Lipinski definition) is 1. The van der Waals surface area contributed by atoms with Crippen molar-refractivity contribution in [2.24, 2.45) is 0 Å². The van der Waals surface area contributed by atoms with Crippen LogP contribution in [-0.2, 0) is 6.42 Å². The standard InChI is InChI=1S/C19H22Cl2O/c1-3-7-15(14-10-11-17(20)18(21)12-14)19(22)16-9-6-5-8-13(16)4-2/h5-6,8-12,15,19,22H,3-4,7H2,1-2H3/t15-,19+/m1/s1. The molecular formula is C19H22Cl2O. The fourth-order valence-corrected chi connectivity index (χ4v) is 3.23. The lowest BCUT2D eigenvalue weighted by atomic mass is 9.84. The summed E-state index contributed by atoms with van der Waals surface area (Å²) >= 11 is 12.2. The van der Waals surface area contributed by atoms with Crippen LogP contribution in [0, 0.1) is 0 Å². The first-order chi connectivity index (χ1) is 10.6. The van der Waals surface area contributed by atoms with Crippen LogP contribution in [0.1, 0.15) is 55.4 Å². The summed E-state index contributed by atoms with van der Waals surface area (Å²) in [6.45, 7) is 4.24. The summed E-state index contributed by atoms with van der Waals surface area (Å²) in [7, 11) is 0. The summed E-state index contributed by atoms with van der Waals surface area (Å²) in [5, 5.41) is 12.0. The topological polar surface area (TPSA) is 20.2 Å². The monoisotopic (exact) mass is 336 g/mol. The van der Waals surface area contributed by atoms with E-state index in [-0.39, 0.29) is 5.92 Å². The highest BCUT2D eigenvalue weighted by molar-refractivity contribution is 6.42. The molecule has 0 bridgehead atoms. The average molecular weight is 337 g/mol. The number of rotatable bonds is 6. The van der Waals surface area contributed by atoms with Gasteiger partial charge in [0.05, 0.1) is 16.1 Å². The minimum atomic E-state index is -0.534. The van der Waals surface area contributed by atoms with Gasteiger partial charge in [0, 0.05) is 5.92 Å². The minimum absolute atomic E-state index is 0.0208. The van der Waals surface area contributed by atoms with Crippen LogP contribution >= 0.6 is 23.2 Å². The first-order valence-corrected chi connectivity index (χ1v) is 8.54. The zero-order chi connectivity index (χ0) is 16.1. The molecule has 1 nitrogen and oxygen atoms in total. The zero-order valence-electron chi connectivity index (χ0n) is 13.0. The van der Waals surface area contributed by atoms with E-state index in [1.54, 1.807) is 6.07 Å². The quantitative estimate of drug-likeness (QED) is 0.668. The zero-order valence-corrected chi connectivity index (χ0v) is 14.5. The van der Waals surface area contributed by atoms with Gasteiger partial charge in [-0.3, -0.25) is 0 Å². The Bertz CT molecular complexity index is 625. The molecule has 0 heterocycles. The van der Waals surface area contributed by atoms with Crippen LogP contribution in [0.5, 0.6) is 0 Å². The van der Waals surface area contributed by atoms with E-state index in [0.29, 0.717) is 10.0 Å². The first kappa shape index (κ1) is 17.3. The maximum atomic E-state index is 11.0. The van der Waals surface area contributed by atoms with Crippen LogP contribution in [0.3, 0.4) is 0 Å². The van der Waals surface area contributed by atoms with E-state index in [1.165, 1.54) is 5.56 Å². The summed E-state index contributed by atoms with van der Waals surface area (Å²) < 4.78 is 0. The molecule has 0 fully saturated rings.